The molecule has 0 fully saturated rings. The quantitative estimate of drug-likeness (QED) is 0.658. The maximum absolute atomic E-state index is 9.70. The van der Waals surface area contributed by atoms with E-state index in [1.807, 2.05) is 0 Å². The lowest BCUT2D eigenvalue weighted by Gasteiger charge is -1.93. The highest BCUT2D eigenvalue weighted by Gasteiger charge is 1.99. The van der Waals surface area contributed by atoms with Gasteiger partial charge in [0.05, 0.1) is 5.92 Å². The van der Waals surface area contributed by atoms with Gasteiger partial charge in [-0.25, -0.2) is 0 Å². The average molecular weight is 202 g/mol. The van der Waals surface area contributed by atoms with Crippen LogP contribution in [0.1, 0.15) is 66.2 Å². The molecule has 14 heavy (non-hydrogen) atoms. The SMILES string of the molecule is CC(C)C(=O)O.CCCCCCCC. The van der Waals surface area contributed by atoms with E-state index in [0.29, 0.717) is 0 Å². The molecule has 0 amide bonds. The number of carboxylic acid groups (broad SMARTS) is 1. The maximum atomic E-state index is 9.70. The summed E-state index contributed by atoms with van der Waals surface area (Å²) < 4.78 is 0. The van der Waals surface area contributed by atoms with Crippen molar-refractivity contribution in [1.82, 2.24) is 0 Å². The maximum Gasteiger partial charge on any atom is 0.305 e. The summed E-state index contributed by atoms with van der Waals surface area (Å²) in [5, 5.41) is 7.99. The molecule has 0 bridgehead atoms. The number of carboxylic acids is 1. The van der Waals surface area contributed by atoms with Crippen LogP contribution in [-0.2, 0) is 4.79 Å². The molecule has 0 rings (SSSR count). The van der Waals surface area contributed by atoms with Crippen molar-refractivity contribution in [2.75, 3.05) is 0 Å². The van der Waals surface area contributed by atoms with Crippen LogP contribution in [-0.4, -0.2) is 11.1 Å². The standard InChI is InChI=1S/C8H18.C4H8O2/c1-3-5-7-8-6-4-2;1-3(2)4(5)6/h3-8H2,1-2H3;3H,1-2H3,(H,5,6). The Labute approximate surface area is 88.7 Å². The van der Waals surface area contributed by atoms with E-state index in [9.17, 15) is 4.79 Å². The molecule has 0 saturated heterocycles. The highest BCUT2D eigenvalue weighted by molar-refractivity contribution is 5.68. The first kappa shape index (κ1) is 15.9. The molecule has 2 heteroatoms. The molecule has 0 aromatic rings. The summed E-state index contributed by atoms with van der Waals surface area (Å²) in [5.41, 5.74) is 0. The Bertz CT molecular complexity index is 113. The number of rotatable bonds is 6. The minimum atomic E-state index is -0.741. The smallest absolute Gasteiger partial charge is 0.305 e. The molecule has 2 nitrogen and oxygen atoms in total. The zero-order valence-electron chi connectivity index (χ0n) is 10.2. The Morgan fingerprint density at radius 1 is 1.00 bits per heavy atom. The molecule has 0 atom stereocenters. The lowest BCUT2D eigenvalue weighted by Crippen LogP contribution is -2.03. The van der Waals surface area contributed by atoms with E-state index in [1.54, 1.807) is 13.8 Å². The third-order valence-corrected chi connectivity index (χ3v) is 1.95. The summed E-state index contributed by atoms with van der Waals surface area (Å²) in [6, 6.07) is 0. The zero-order chi connectivity index (χ0) is 11.4. The molecule has 0 radical (unpaired) electrons. The molecule has 0 aliphatic heterocycles. The molecule has 0 unspecified atom stereocenters. The van der Waals surface area contributed by atoms with E-state index in [-0.39, 0.29) is 5.92 Å². The molecule has 0 heterocycles. The second kappa shape index (κ2) is 12.5. The van der Waals surface area contributed by atoms with Crippen molar-refractivity contribution in [3.05, 3.63) is 0 Å². The van der Waals surface area contributed by atoms with Gasteiger partial charge in [0.15, 0.2) is 0 Å². The van der Waals surface area contributed by atoms with Gasteiger partial charge in [0, 0.05) is 0 Å². The van der Waals surface area contributed by atoms with Crippen LogP contribution in [0.15, 0.2) is 0 Å². The van der Waals surface area contributed by atoms with Gasteiger partial charge < -0.3 is 5.11 Å². The minimum Gasteiger partial charge on any atom is -0.481 e. The Hall–Kier alpha value is -0.530. The minimum absolute atomic E-state index is 0.231. The third-order valence-electron chi connectivity index (χ3n) is 1.95. The van der Waals surface area contributed by atoms with Crippen LogP contribution in [0.4, 0.5) is 0 Å². The lowest BCUT2D eigenvalue weighted by molar-refractivity contribution is -0.140. The molecule has 0 aliphatic carbocycles. The van der Waals surface area contributed by atoms with Crippen LogP contribution in [0.3, 0.4) is 0 Å². The Kier molecular flexibility index (Phi) is 14.2. The Morgan fingerprint density at radius 2 is 1.29 bits per heavy atom. The summed E-state index contributed by atoms with van der Waals surface area (Å²) in [4.78, 5) is 9.70. The van der Waals surface area contributed by atoms with Crippen LogP contribution in [0.2, 0.25) is 0 Å². The van der Waals surface area contributed by atoms with Crippen LogP contribution >= 0.6 is 0 Å². The van der Waals surface area contributed by atoms with E-state index in [1.165, 1.54) is 38.5 Å². The molecular weight excluding hydrogens is 176 g/mol. The van der Waals surface area contributed by atoms with Gasteiger partial charge in [-0.05, 0) is 0 Å². The van der Waals surface area contributed by atoms with Crippen molar-refractivity contribution >= 4 is 5.97 Å². The van der Waals surface area contributed by atoms with Crippen molar-refractivity contribution in [2.24, 2.45) is 5.92 Å². The molecule has 1 N–H and O–H groups in total. The molecule has 0 spiro atoms. The largest absolute Gasteiger partial charge is 0.481 e. The molecule has 0 saturated carbocycles. The first-order valence-electron chi connectivity index (χ1n) is 5.79. The molecule has 0 aromatic carbocycles. The van der Waals surface area contributed by atoms with Crippen LogP contribution in [0, 0.1) is 5.92 Å². The Morgan fingerprint density at radius 3 is 1.43 bits per heavy atom. The van der Waals surface area contributed by atoms with Gasteiger partial charge in [0.1, 0.15) is 0 Å². The molecule has 0 aliphatic rings. The second-order valence-corrected chi connectivity index (χ2v) is 3.91. The zero-order valence-corrected chi connectivity index (χ0v) is 10.2. The number of carbonyl (C=O) groups is 1. The van der Waals surface area contributed by atoms with Gasteiger partial charge in [0.25, 0.3) is 0 Å². The van der Waals surface area contributed by atoms with Crippen LogP contribution in [0.25, 0.3) is 0 Å². The summed E-state index contributed by atoms with van der Waals surface area (Å²) in [7, 11) is 0. The highest BCUT2D eigenvalue weighted by Crippen LogP contribution is 2.03. The number of hydrogen-bond acceptors (Lipinski definition) is 1. The third kappa shape index (κ3) is 17.5. The molecular formula is C12H26O2. The number of aliphatic carboxylic acids is 1. The second-order valence-electron chi connectivity index (χ2n) is 3.91. The number of hydrogen-bond donors (Lipinski definition) is 1. The fraction of sp³-hybridized carbons (Fsp3) is 0.917. The van der Waals surface area contributed by atoms with Crippen molar-refractivity contribution in [2.45, 2.75) is 66.2 Å². The predicted octanol–water partition coefficient (Wildman–Crippen LogP) is 4.09. The van der Waals surface area contributed by atoms with Gasteiger partial charge in [-0.3, -0.25) is 4.79 Å². The van der Waals surface area contributed by atoms with Gasteiger partial charge >= 0.3 is 5.97 Å². The number of unbranched alkanes of at least 4 members (excludes halogenated alkanes) is 5. The topological polar surface area (TPSA) is 37.3 Å². The van der Waals surface area contributed by atoms with Gasteiger partial charge in [0.2, 0.25) is 0 Å². The first-order chi connectivity index (χ1) is 6.56. The monoisotopic (exact) mass is 202 g/mol. The van der Waals surface area contributed by atoms with Crippen molar-refractivity contribution in [3.63, 3.8) is 0 Å². The summed E-state index contributed by atoms with van der Waals surface area (Å²) in [5.74, 6) is -0.972. The van der Waals surface area contributed by atoms with E-state index in [2.05, 4.69) is 13.8 Å². The molecule has 86 valence electrons. The van der Waals surface area contributed by atoms with Crippen molar-refractivity contribution in [3.8, 4) is 0 Å². The predicted molar refractivity (Wildman–Crippen MR) is 61.5 cm³/mol. The van der Waals surface area contributed by atoms with E-state index in [0.717, 1.165) is 0 Å². The lowest BCUT2D eigenvalue weighted by atomic mass is 10.1. The van der Waals surface area contributed by atoms with Crippen molar-refractivity contribution < 1.29 is 9.90 Å². The average Bonchev–Trinajstić information content (AvgIpc) is 2.13. The molecule has 0 aromatic heterocycles. The normalized spacial score (nSPS) is 9.50. The van der Waals surface area contributed by atoms with E-state index < -0.39 is 5.97 Å². The summed E-state index contributed by atoms with van der Waals surface area (Å²) >= 11 is 0. The Balaban J connectivity index is 0. The van der Waals surface area contributed by atoms with Gasteiger partial charge in [-0.15, -0.1) is 0 Å². The fourth-order valence-corrected chi connectivity index (χ4v) is 0.854. The fourth-order valence-electron chi connectivity index (χ4n) is 0.854. The highest BCUT2D eigenvalue weighted by atomic mass is 16.4. The van der Waals surface area contributed by atoms with Crippen LogP contribution in [0.5, 0.6) is 0 Å². The van der Waals surface area contributed by atoms with Crippen LogP contribution < -0.4 is 0 Å². The first-order valence-corrected chi connectivity index (χ1v) is 5.79. The summed E-state index contributed by atoms with van der Waals surface area (Å²) in [6.45, 7) is 7.79. The van der Waals surface area contributed by atoms with E-state index in [4.69, 9.17) is 5.11 Å². The van der Waals surface area contributed by atoms with Crippen molar-refractivity contribution in [1.29, 1.82) is 0 Å². The van der Waals surface area contributed by atoms with E-state index >= 15 is 0 Å². The van der Waals surface area contributed by atoms with Gasteiger partial charge in [-0.1, -0.05) is 66.2 Å². The van der Waals surface area contributed by atoms with Gasteiger partial charge in [-0.2, -0.15) is 0 Å². The summed E-state index contributed by atoms with van der Waals surface area (Å²) in [6.07, 6.45) is 8.49.